The minimum atomic E-state index is -0.621. The molecule has 2 atom stereocenters. The standard InChI is InChI=1S/C26H29N7O2/c1-17-25(34)27-14-18-5-2-7-20(11-18)31-23-13-24(29-16-28-23)32-21-8-3-6-19(12-21)15-33-10-4-9-22(33)26(35)30-17/h2-3,5-8,11-13,16-17,22H,4,9-10,14-15H2,1H3,(H,27,34)(H,30,35)(H2,28,29,31,32)/t17-,22?/m0/s1. The van der Waals surface area contributed by atoms with E-state index in [2.05, 4.69) is 48.3 Å². The molecule has 1 saturated heterocycles. The first kappa shape index (κ1) is 22.8. The second-order valence-corrected chi connectivity index (χ2v) is 9.02. The van der Waals surface area contributed by atoms with Gasteiger partial charge in [-0.1, -0.05) is 24.3 Å². The van der Waals surface area contributed by atoms with E-state index in [-0.39, 0.29) is 17.9 Å². The third-order valence-electron chi connectivity index (χ3n) is 6.34. The van der Waals surface area contributed by atoms with E-state index in [1.165, 1.54) is 6.33 Å². The summed E-state index contributed by atoms with van der Waals surface area (Å²) >= 11 is 0. The van der Waals surface area contributed by atoms with Crippen LogP contribution in [0.3, 0.4) is 0 Å². The van der Waals surface area contributed by atoms with Gasteiger partial charge in [0.05, 0.1) is 6.04 Å². The lowest BCUT2D eigenvalue weighted by atomic mass is 10.1. The van der Waals surface area contributed by atoms with E-state index in [9.17, 15) is 9.59 Å². The molecule has 3 aromatic rings. The number of fused-ring (bicyclic) bond motifs is 7. The molecule has 0 saturated carbocycles. The van der Waals surface area contributed by atoms with Gasteiger partial charge in [-0.05, 0) is 61.7 Å². The van der Waals surface area contributed by atoms with Gasteiger partial charge < -0.3 is 21.3 Å². The Bertz CT molecular complexity index is 1230. The molecule has 35 heavy (non-hydrogen) atoms. The van der Waals surface area contributed by atoms with E-state index in [0.717, 1.165) is 41.9 Å². The van der Waals surface area contributed by atoms with Gasteiger partial charge in [-0.25, -0.2) is 9.97 Å². The molecule has 0 radical (unpaired) electrons. The van der Waals surface area contributed by atoms with Crippen molar-refractivity contribution < 1.29 is 9.59 Å². The van der Waals surface area contributed by atoms with Crippen molar-refractivity contribution in [3.63, 3.8) is 0 Å². The van der Waals surface area contributed by atoms with Gasteiger partial charge in [0.15, 0.2) is 0 Å². The number of benzene rings is 2. The molecule has 4 N–H and O–H groups in total. The summed E-state index contributed by atoms with van der Waals surface area (Å²) in [6.45, 7) is 3.57. The summed E-state index contributed by atoms with van der Waals surface area (Å²) in [4.78, 5) is 36.6. The minimum absolute atomic E-state index is 0.103. The van der Waals surface area contributed by atoms with E-state index in [0.29, 0.717) is 24.7 Å². The molecule has 1 fully saturated rings. The molecule has 2 amide bonds. The molecule has 180 valence electrons. The van der Waals surface area contributed by atoms with Gasteiger partial charge in [0, 0.05) is 30.5 Å². The monoisotopic (exact) mass is 471 g/mol. The highest BCUT2D eigenvalue weighted by Crippen LogP contribution is 2.24. The van der Waals surface area contributed by atoms with Crippen LogP contribution in [0.4, 0.5) is 23.0 Å². The van der Waals surface area contributed by atoms with Crippen molar-refractivity contribution in [1.29, 1.82) is 0 Å². The fourth-order valence-corrected chi connectivity index (χ4v) is 4.56. The Kier molecular flexibility index (Phi) is 6.58. The maximum Gasteiger partial charge on any atom is 0.242 e. The normalized spacial score (nSPS) is 21.1. The number of carbonyl (C=O) groups excluding carboxylic acids is 2. The zero-order chi connectivity index (χ0) is 24.2. The lowest BCUT2D eigenvalue weighted by Crippen LogP contribution is -2.50. The number of anilines is 4. The van der Waals surface area contributed by atoms with E-state index in [1.54, 1.807) is 6.92 Å². The van der Waals surface area contributed by atoms with Crippen LogP contribution in [0, 0.1) is 0 Å². The summed E-state index contributed by atoms with van der Waals surface area (Å²) in [6, 6.07) is 16.8. The highest BCUT2D eigenvalue weighted by atomic mass is 16.2. The second kappa shape index (κ2) is 10.1. The quantitative estimate of drug-likeness (QED) is 0.399. The Labute approximate surface area is 204 Å². The smallest absolute Gasteiger partial charge is 0.242 e. The third kappa shape index (κ3) is 5.58. The molecule has 6 bridgehead atoms. The first-order chi connectivity index (χ1) is 17.0. The fourth-order valence-electron chi connectivity index (χ4n) is 4.56. The highest BCUT2D eigenvalue weighted by Gasteiger charge is 2.32. The van der Waals surface area contributed by atoms with Crippen molar-refractivity contribution in [1.82, 2.24) is 25.5 Å². The average Bonchev–Trinajstić information content (AvgIpc) is 3.31. The Morgan fingerprint density at radius 2 is 1.57 bits per heavy atom. The predicted molar refractivity (Wildman–Crippen MR) is 134 cm³/mol. The largest absolute Gasteiger partial charge is 0.350 e. The SMILES string of the molecule is C[C@@H]1NC(=O)C2CCCN2Cc2cccc(c2)Nc2cc(ncn2)Nc2cccc(c2)CNC1=O. The lowest BCUT2D eigenvalue weighted by Gasteiger charge is -2.25. The topological polar surface area (TPSA) is 111 Å². The molecule has 9 nitrogen and oxygen atoms in total. The highest BCUT2D eigenvalue weighted by molar-refractivity contribution is 5.89. The summed E-state index contributed by atoms with van der Waals surface area (Å²) < 4.78 is 0. The van der Waals surface area contributed by atoms with Crippen LogP contribution >= 0.6 is 0 Å². The minimum Gasteiger partial charge on any atom is -0.350 e. The maximum atomic E-state index is 13.0. The molecular formula is C26H29N7O2. The summed E-state index contributed by atoms with van der Waals surface area (Å²) in [7, 11) is 0. The zero-order valence-electron chi connectivity index (χ0n) is 19.6. The Morgan fingerprint density at radius 3 is 2.31 bits per heavy atom. The Hall–Kier alpha value is -3.98. The number of nitrogens with zero attached hydrogens (tertiary/aromatic N) is 3. The second-order valence-electron chi connectivity index (χ2n) is 9.02. The van der Waals surface area contributed by atoms with Crippen LogP contribution in [-0.4, -0.2) is 45.3 Å². The molecule has 2 aliphatic rings. The number of nitrogens with one attached hydrogen (secondary N) is 4. The van der Waals surface area contributed by atoms with Gasteiger partial charge in [-0.15, -0.1) is 0 Å². The lowest BCUT2D eigenvalue weighted by molar-refractivity contribution is -0.131. The van der Waals surface area contributed by atoms with E-state index in [1.807, 2.05) is 42.5 Å². The first-order valence-corrected chi connectivity index (χ1v) is 11.9. The van der Waals surface area contributed by atoms with Crippen LogP contribution in [0.2, 0.25) is 0 Å². The van der Waals surface area contributed by atoms with E-state index < -0.39 is 6.04 Å². The number of carbonyl (C=O) groups is 2. The molecule has 3 heterocycles. The number of hydrogen-bond acceptors (Lipinski definition) is 7. The van der Waals surface area contributed by atoms with Crippen molar-refractivity contribution in [2.24, 2.45) is 0 Å². The fraction of sp³-hybridized carbons (Fsp3) is 0.308. The number of hydrogen-bond donors (Lipinski definition) is 4. The molecule has 0 spiro atoms. The van der Waals surface area contributed by atoms with Crippen LogP contribution in [0.5, 0.6) is 0 Å². The van der Waals surface area contributed by atoms with Crippen LogP contribution in [0.1, 0.15) is 30.9 Å². The van der Waals surface area contributed by atoms with Crippen LogP contribution in [0.25, 0.3) is 0 Å². The number of rotatable bonds is 0. The molecule has 1 aromatic heterocycles. The molecule has 9 heteroatoms. The van der Waals surface area contributed by atoms with Gasteiger partial charge >= 0.3 is 0 Å². The molecule has 2 aliphatic heterocycles. The molecular weight excluding hydrogens is 442 g/mol. The first-order valence-electron chi connectivity index (χ1n) is 11.9. The van der Waals surface area contributed by atoms with Crippen molar-refractivity contribution in [2.75, 3.05) is 17.2 Å². The third-order valence-corrected chi connectivity index (χ3v) is 6.34. The van der Waals surface area contributed by atoms with Gasteiger partial charge in [0.25, 0.3) is 0 Å². The average molecular weight is 472 g/mol. The predicted octanol–water partition coefficient (Wildman–Crippen LogP) is 3.06. The van der Waals surface area contributed by atoms with Gasteiger partial charge in [0.2, 0.25) is 11.8 Å². The molecule has 1 unspecified atom stereocenters. The van der Waals surface area contributed by atoms with Gasteiger partial charge in [-0.3, -0.25) is 14.5 Å². The Balaban J connectivity index is 1.45. The summed E-state index contributed by atoms with van der Waals surface area (Å²) in [6.07, 6.45) is 3.24. The number of aromatic nitrogens is 2. The van der Waals surface area contributed by atoms with Crippen molar-refractivity contribution in [2.45, 2.75) is 44.9 Å². The number of amides is 2. The van der Waals surface area contributed by atoms with E-state index >= 15 is 0 Å². The van der Waals surface area contributed by atoms with Crippen molar-refractivity contribution in [3.8, 4) is 0 Å². The maximum absolute atomic E-state index is 13.0. The molecule has 5 rings (SSSR count). The van der Waals surface area contributed by atoms with Crippen LogP contribution in [0.15, 0.2) is 60.9 Å². The summed E-state index contributed by atoms with van der Waals surface area (Å²) in [5, 5.41) is 12.5. The van der Waals surface area contributed by atoms with Crippen LogP contribution in [-0.2, 0) is 22.7 Å². The Morgan fingerprint density at radius 1 is 0.886 bits per heavy atom. The van der Waals surface area contributed by atoms with Crippen molar-refractivity contribution in [3.05, 3.63) is 72.1 Å². The van der Waals surface area contributed by atoms with Gasteiger partial charge in [0.1, 0.15) is 24.0 Å². The zero-order valence-corrected chi connectivity index (χ0v) is 19.6. The summed E-state index contributed by atoms with van der Waals surface area (Å²) in [5.74, 6) is 1.01. The molecule has 0 aliphatic carbocycles. The summed E-state index contributed by atoms with van der Waals surface area (Å²) in [5.41, 5.74) is 3.79. The molecule has 2 aromatic carbocycles. The van der Waals surface area contributed by atoms with Gasteiger partial charge in [-0.2, -0.15) is 0 Å². The van der Waals surface area contributed by atoms with Crippen LogP contribution < -0.4 is 21.3 Å². The van der Waals surface area contributed by atoms with Crippen molar-refractivity contribution >= 4 is 34.8 Å². The van der Waals surface area contributed by atoms with E-state index in [4.69, 9.17) is 0 Å².